The van der Waals surface area contributed by atoms with E-state index in [1.807, 2.05) is 24.3 Å². The van der Waals surface area contributed by atoms with Crippen LogP contribution in [0.25, 0.3) is 6.08 Å². The molecule has 2 aromatic rings. The highest BCUT2D eigenvalue weighted by Gasteiger charge is 2.33. The Labute approximate surface area is 186 Å². The Bertz CT molecular complexity index is 1010. The lowest BCUT2D eigenvalue weighted by atomic mass is 10.2. The summed E-state index contributed by atoms with van der Waals surface area (Å²) in [5.74, 6) is 0.517. The van der Waals surface area contributed by atoms with Gasteiger partial charge >= 0.3 is 0 Å². The lowest BCUT2D eigenvalue weighted by molar-refractivity contribution is -0.126. The topological polar surface area (TPSA) is 67.9 Å². The Balaban J connectivity index is 1.73. The van der Waals surface area contributed by atoms with Crippen molar-refractivity contribution < 1.29 is 19.1 Å². The van der Waals surface area contributed by atoms with E-state index in [4.69, 9.17) is 21.7 Å². The number of thioether (sulfide) groups is 1. The van der Waals surface area contributed by atoms with Crippen LogP contribution in [0, 0.1) is 0 Å². The van der Waals surface area contributed by atoms with E-state index in [9.17, 15) is 9.59 Å². The van der Waals surface area contributed by atoms with Gasteiger partial charge in [-0.3, -0.25) is 14.5 Å². The third kappa shape index (κ3) is 4.98. The summed E-state index contributed by atoms with van der Waals surface area (Å²) in [6, 6.07) is 12.6. The highest BCUT2D eigenvalue weighted by molar-refractivity contribution is 9.10. The number of anilines is 1. The predicted octanol–water partition coefficient (Wildman–Crippen LogP) is 4.31. The summed E-state index contributed by atoms with van der Waals surface area (Å²) in [7, 11) is 3.10. The number of nitrogens with one attached hydrogen (secondary N) is 1. The van der Waals surface area contributed by atoms with Gasteiger partial charge < -0.3 is 14.8 Å². The van der Waals surface area contributed by atoms with Gasteiger partial charge in [0.2, 0.25) is 5.91 Å². The molecule has 0 saturated carbocycles. The number of carbonyl (C=O) groups is 2. The minimum absolute atomic E-state index is 0.157. The van der Waals surface area contributed by atoms with Crippen molar-refractivity contribution >= 4 is 67.8 Å². The van der Waals surface area contributed by atoms with Gasteiger partial charge in [0.05, 0.1) is 24.8 Å². The highest BCUT2D eigenvalue weighted by atomic mass is 79.9. The molecule has 3 rings (SSSR count). The van der Waals surface area contributed by atoms with Gasteiger partial charge in [-0.05, 0) is 51.8 Å². The zero-order valence-corrected chi connectivity index (χ0v) is 18.8. The summed E-state index contributed by atoms with van der Waals surface area (Å²) in [6.07, 6.45) is 1.72. The molecule has 1 aliphatic heterocycles. The SMILES string of the molecule is COc1ccc(C=C2SC(=S)N(CC(=O)Nc3ccccc3Br)C2=O)cc1OC. The number of methoxy groups -OCH3 is 2. The molecule has 1 fully saturated rings. The van der Waals surface area contributed by atoms with Crippen LogP contribution in [0.2, 0.25) is 0 Å². The zero-order chi connectivity index (χ0) is 21.0. The molecule has 1 saturated heterocycles. The van der Waals surface area contributed by atoms with Crippen molar-refractivity contribution in [2.75, 3.05) is 26.1 Å². The summed E-state index contributed by atoms with van der Waals surface area (Å²) < 4.78 is 11.6. The largest absolute Gasteiger partial charge is 0.493 e. The van der Waals surface area contributed by atoms with Crippen molar-refractivity contribution in [1.82, 2.24) is 4.90 Å². The number of amides is 2. The molecule has 0 aromatic heterocycles. The monoisotopic (exact) mass is 492 g/mol. The summed E-state index contributed by atoms with van der Waals surface area (Å²) in [4.78, 5) is 26.9. The Hall–Kier alpha value is -2.36. The second kappa shape index (κ2) is 9.43. The molecule has 0 bridgehead atoms. The predicted molar refractivity (Wildman–Crippen MR) is 122 cm³/mol. The lowest BCUT2D eigenvalue weighted by Crippen LogP contribution is -2.36. The van der Waals surface area contributed by atoms with E-state index in [1.165, 1.54) is 4.90 Å². The molecule has 0 aliphatic carbocycles. The summed E-state index contributed by atoms with van der Waals surface area (Å²) in [6.45, 7) is -0.157. The molecule has 2 amide bonds. The number of hydrogen-bond donors (Lipinski definition) is 1. The van der Waals surface area contributed by atoms with Crippen LogP contribution in [0.4, 0.5) is 5.69 Å². The van der Waals surface area contributed by atoms with Crippen molar-refractivity contribution in [1.29, 1.82) is 0 Å². The first-order chi connectivity index (χ1) is 13.9. The number of para-hydroxylation sites is 1. The maximum atomic E-state index is 12.8. The van der Waals surface area contributed by atoms with Gasteiger partial charge in [0.15, 0.2) is 11.5 Å². The fraction of sp³-hybridized carbons (Fsp3) is 0.150. The molecule has 9 heteroatoms. The van der Waals surface area contributed by atoms with Gasteiger partial charge in [-0.1, -0.05) is 42.2 Å². The summed E-state index contributed by atoms with van der Waals surface area (Å²) in [5.41, 5.74) is 1.39. The maximum Gasteiger partial charge on any atom is 0.266 e. The van der Waals surface area contributed by atoms with Crippen molar-refractivity contribution in [2.24, 2.45) is 0 Å². The number of nitrogens with zero attached hydrogens (tertiary/aromatic N) is 1. The van der Waals surface area contributed by atoms with E-state index in [0.717, 1.165) is 21.8 Å². The smallest absolute Gasteiger partial charge is 0.266 e. The van der Waals surface area contributed by atoms with Crippen LogP contribution >= 0.6 is 39.9 Å². The summed E-state index contributed by atoms with van der Waals surface area (Å²) in [5, 5.41) is 2.77. The minimum atomic E-state index is -0.333. The van der Waals surface area contributed by atoms with Crippen LogP contribution in [-0.4, -0.2) is 41.8 Å². The fourth-order valence-electron chi connectivity index (χ4n) is 2.63. The van der Waals surface area contributed by atoms with E-state index >= 15 is 0 Å². The van der Waals surface area contributed by atoms with Crippen molar-refractivity contribution in [3.63, 3.8) is 0 Å². The van der Waals surface area contributed by atoms with Crippen LogP contribution < -0.4 is 14.8 Å². The van der Waals surface area contributed by atoms with Crippen LogP contribution in [-0.2, 0) is 9.59 Å². The summed E-state index contributed by atoms with van der Waals surface area (Å²) >= 11 is 9.84. The first-order valence-electron chi connectivity index (χ1n) is 8.44. The zero-order valence-electron chi connectivity index (χ0n) is 15.6. The van der Waals surface area contributed by atoms with Crippen molar-refractivity contribution in [3.05, 3.63) is 57.4 Å². The van der Waals surface area contributed by atoms with E-state index in [1.54, 1.807) is 38.5 Å². The molecule has 1 N–H and O–H groups in total. The number of benzene rings is 2. The first kappa shape index (κ1) is 21.4. The molecule has 29 heavy (non-hydrogen) atoms. The third-order valence-corrected chi connectivity index (χ3v) is 6.10. The standard InChI is InChI=1S/C20H17BrN2O4S2/c1-26-15-8-7-12(9-16(15)27-2)10-17-19(25)23(20(28)29-17)11-18(24)22-14-6-4-3-5-13(14)21/h3-10H,11H2,1-2H3,(H,22,24). The Kier molecular flexibility index (Phi) is 6.94. The number of carbonyl (C=O) groups excluding carboxylic acids is 2. The second-order valence-electron chi connectivity index (χ2n) is 5.91. The molecule has 2 aromatic carbocycles. The Morgan fingerprint density at radius 1 is 1.21 bits per heavy atom. The molecular weight excluding hydrogens is 476 g/mol. The molecule has 1 aliphatic rings. The van der Waals surface area contributed by atoms with Crippen LogP contribution in [0.15, 0.2) is 51.8 Å². The number of hydrogen-bond acceptors (Lipinski definition) is 6. The van der Waals surface area contributed by atoms with Gasteiger partial charge in [0.25, 0.3) is 5.91 Å². The number of halogens is 1. The van der Waals surface area contributed by atoms with Gasteiger partial charge in [-0.25, -0.2) is 0 Å². The highest BCUT2D eigenvalue weighted by Crippen LogP contribution is 2.34. The van der Waals surface area contributed by atoms with Crippen LogP contribution in [0.5, 0.6) is 11.5 Å². The molecular formula is C20H17BrN2O4S2. The molecule has 1 heterocycles. The molecule has 0 atom stereocenters. The van der Waals surface area contributed by atoms with E-state index in [-0.39, 0.29) is 18.4 Å². The molecule has 0 unspecified atom stereocenters. The molecule has 6 nitrogen and oxygen atoms in total. The van der Waals surface area contributed by atoms with Gasteiger partial charge in [0, 0.05) is 4.47 Å². The third-order valence-electron chi connectivity index (χ3n) is 4.03. The first-order valence-corrected chi connectivity index (χ1v) is 10.5. The lowest BCUT2D eigenvalue weighted by Gasteiger charge is -2.14. The van der Waals surface area contributed by atoms with Crippen molar-refractivity contribution in [2.45, 2.75) is 0 Å². The minimum Gasteiger partial charge on any atom is -0.493 e. The van der Waals surface area contributed by atoms with E-state index in [0.29, 0.717) is 26.4 Å². The quantitative estimate of drug-likeness (QED) is 0.478. The molecule has 150 valence electrons. The molecule has 0 radical (unpaired) electrons. The maximum absolute atomic E-state index is 12.8. The van der Waals surface area contributed by atoms with Gasteiger partial charge in [-0.2, -0.15) is 0 Å². The normalized spacial score (nSPS) is 15.0. The van der Waals surface area contributed by atoms with Crippen LogP contribution in [0.1, 0.15) is 5.56 Å². The van der Waals surface area contributed by atoms with Gasteiger partial charge in [0.1, 0.15) is 10.9 Å². The van der Waals surface area contributed by atoms with Crippen LogP contribution in [0.3, 0.4) is 0 Å². The van der Waals surface area contributed by atoms with Crippen molar-refractivity contribution in [3.8, 4) is 11.5 Å². The van der Waals surface area contributed by atoms with E-state index in [2.05, 4.69) is 21.2 Å². The number of rotatable bonds is 6. The number of ether oxygens (including phenoxy) is 2. The average Bonchev–Trinajstić information content (AvgIpc) is 2.97. The second-order valence-corrected chi connectivity index (χ2v) is 8.44. The fourth-order valence-corrected chi connectivity index (χ4v) is 4.27. The Morgan fingerprint density at radius 3 is 2.62 bits per heavy atom. The Morgan fingerprint density at radius 2 is 1.93 bits per heavy atom. The van der Waals surface area contributed by atoms with Gasteiger partial charge in [-0.15, -0.1) is 0 Å². The van der Waals surface area contributed by atoms with E-state index < -0.39 is 0 Å². The number of thiocarbonyl (C=S) groups is 1. The molecule has 0 spiro atoms. The average molecular weight is 493 g/mol.